The molecular weight excluding hydrogens is 408 g/mol. The van der Waals surface area contributed by atoms with Crippen molar-refractivity contribution in [1.82, 2.24) is 14.5 Å². The highest BCUT2D eigenvalue weighted by molar-refractivity contribution is 5.89. The van der Waals surface area contributed by atoms with Crippen LogP contribution in [0.4, 0.5) is 6.01 Å². The van der Waals surface area contributed by atoms with E-state index in [1.807, 2.05) is 31.2 Å². The molecule has 32 heavy (non-hydrogen) atoms. The van der Waals surface area contributed by atoms with E-state index >= 15 is 0 Å². The van der Waals surface area contributed by atoms with Crippen molar-refractivity contribution in [3.05, 3.63) is 35.4 Å². The standard InChI is InChI=1S/C24H24N4O4/c1-12-7-15(11-18-21(12)32-24(25)27-18)22-26-17-9-13(8-16(23(29)30)14-3-4-14)10-19-20(17)28(22)5-2-6-31-19/h7,9-11,14,16H,2-6,8H2,1H3,(H2,25,27)(H,29,30)/t16-/m0/s1. The molecule has 1 aliphatic carbocycles. The Morgan fingerprint density at radius 2 is 2.09 bits per heavy atom. The minimum absolute atomic E-state index is 0.149. The topological polar surface area (TPSA) is 116 Å². The van der Waals surface area contributed by atoms with Crippen molar-refractivity contribution in [3.63, 3.8) is 0 Å². The Kier molecular flexibility index (Phi) is 4.18. The van der Waals surface area contributed by atoms with E-state index in [2.05, 4.69) is 9.55 Å². The van der Waals surface area contributed by atoms with Gasteiger partial charge in [0.15, 0.2) is 5.58 Å². The summed E-state index contributed by atoms with van der Waals surface area (Å²) < 4.78 is 13.8. The fourth-order valence-electron chi connectivity index (χ4n) is 4.91. The van der Waals surface area contributed by atoms with Crippen LogP contribution < -0.4 is 10.5 Å². The summed E-state index contributed by atoms with van der Waals surface area (Å²) in [5, 5.41) is 9.68. The molecule has 3 N–H and O–H groups in total. The number of oxazole rings is 1. The van der Waals surface area contributed by atoms with E-state index in [9.17, 15) is 9.90 Å². The number of nitrogens with zero attached hydrogens (tertiary/aromatic N) is 3. The average molecular weight is 432 g/mol. The number of hydrogen-bond donors (Lipinski definition) is 2. The fourth-order valence-corrected chi connectivity index (χ4v) is 4.91. The lowest BCUT2D eigenvalue weighted by Crippen LogP contribution is -2.18. The Morgan fingerprint density at radius 3 is 2.88 bits per heavy atom. The third kappa shape index (κ3) is 3.09. The van der Waals surface area contributed by atoms with E-state index in [-0.39, 0.29) is 17.9 Å². The summed E-state index contributed by atoms with van der Waals surface area (Å²) >= 11 is 0. The summed E-state index contributed by atoms with van der Waals surface area (Å²) in [6, 6.07) is 8.16. The van der Waals surface area contributed by atoms with Crippen molar-refractivity contribution in [2.75, 3.05) is 12.3 Å². The smallest absolute Gasteiger partial charge is 0.307 e. The molecule has 8 nitrogen and oxygen atoms in total. The van der Waals surface area contributed by atoms with Crippen LogP contribution in [0.25, 0.3) is 33.5 Å². The number of hydrogen-bond acceptors (Lipinski definition) is 6. The fraction of sp³-hybridized carbons (Fsp3) is 0.375. The third-order valence-corrected chi connectivity index (χ3v) is 6.56. The van der Waals surface area contributed by atoms with Gasteiger partial charge in [-0.15, -0.1) is 0 Å². The van der Waals surface area contributed by atoms with E-state index in [1.165, 1.54) is 0 Å². The van der Waals surface area contributed by atoms with Gasteiger partial charge in [-0.2, -0.15) is 4.98 Å². The van der Waals surface area contributed by atoms with Gasteiger partial charge in [0.2, 0.25) is 0 Å². The van der Waals surface area contributed by atoms with E-state index in [4.69, 9.17) is 19.9 Å². The summed E-state index contributed by atoms with van der Waals surface area (Å²) in [7, 11) is 0. The van der Waals surface area contributed by atoms with Crippen molar-refractivity contribution >= 4 is 34.1 Å². The Hall–Kier alpha value is -3.55. The van der Waals surface area contributed by atoms with Crippen molar-refractivity contribution in [1.29, 1.82) is 0 Å². The zero-order valence-corrected chi connectivity index (χ0v) is 17.8. The quantitative estimate of drug-likeness (QED) is 0.486. The highest BCUT2D eigenvalue weighted by atomic mass is 16.5. The van der Waals surface area contributed by atoms with Gasteiger partial charge in [0.25, 0.3) is 6.01 Å². The Morgan fingerprint density at radius 1 is 1.25 bits per heavy atom. The van der Waals surface area contributed by atoms with Gasteiger partial charge in [-0.05, 0) is 73.9 Å². The van der Waals surface area contributed by atoms with Crippen molar-refractivity contribution < 1.29 is 19.1 Å². The number of carbonyl (C=O) groups is 1. The molecule has 1 atom stereocenters. The van der Waals surface area contributed by atoms with Crippen LogP contribution >= 0.6 is 0 Å². The second kappa shape index (κ2) is 6.98. The first-order chi connectivity index (χ1) is 15.5. The number of anilines is 1. The number of aliphatic carboxylic acids is 1. The Balaban J connectivity index is 1.49. The van der Waals surface area contributed by atoms with Crippen LogP contribution in [0, 0.1) is 18.8 Å². The molecule has 2 aliphatic rings. The van der Waals surface area contributed by atoms with E-state index < -0.39 is 5.97 Å². The molecular formula is C24H24N4O4. The molecule has 1 saturated carbocycles. The number of nitrogens with two attached hydrogens (primary N) is 1. The van der Waals surface area contributed by atoms with Gasteiger partial charge in [-0.1, -0.05) is 0 Å². The highest BCUT2D eigenvalue weighted by Crippen LogP contribution is 2.41. The first-order valence-electron chi connectivity index (χ1n) is 11.0. The van der Waals surface area contributed by atoms with Gasteiger partial charge in [-0.3, -0.25) is 4.79 Å². The maximum absolute atomic E-state index is 11.8. The van der Waals surface area contributed by atoms with Gasteiger partial charge in [-0.25, -0.2) is 4.98 Å². The minimum atomic E-state index is -0.721. The van der Waals surface area contributed by atoms with Crippen LogP contribution in [0.1, 0.15) is 30.4 Å². The Bertz CT molecular complexity index is 1380. The number of nitrogen functional groups attached to an aromatic ring is 1. The summed E-state index contributed by atoms with van der Waals surface area (Å²) in [4.78, 5) is 21.0. The number of imidazole rings is 1. The van der Waals surface area contributed by atoms with Crippen molar-refractivity contribution in [2.45, 2.75) is 39.2 Å². The lowest BCUT2D eigenvalue weighted by Gasteiger charge is -2.13. The molecule has 0 saturated heterocycles. The molecule has 0 unspecified atom stereocenters. The number of rotatable bonds is 5. The van der Waals surface area contributed by atoms with Crippen LogP contribution in [-0.4, -0.2) is 32.2 Å². The first-order valence-corrected chi connectivity index (χ1v) is 11.0. The van der Waals surface area contributed by atoms with Crippen LogP contribution in [0.2, 0.25) is 0 Å². The zero-order chi connectivity index (χ0) is 22.0. The van der Waals surface area contributed by atoms with Gasteiger partial charge >= 0.3 is 5.97 Å². The third-order valence-electron chi connectivity index (χ3n) is 6.56. The van der Waals surface area contributed by atoms with Crippen molar-refractivity contribution in [2.24, 2.45) is 11.8 Å². The first kappa shape index (κ1) is 19.2. The molecule has 8 heteroatoms. The molecule has 0 amide bonds. The SMILES string of the molecule is Cc1cc(-c2nc3cc(C[C@H](C(=O)O)C4CC4)cc4c3n2CCCO4)cc2nc(N)oc12. The summed E-state index contributed by atoms with van der Waals surface area (Å²) in [5.41, 5.74) is 11.8. The summed E-state index contributed by atoms with van der Waals surface area (Å²) in [5.74, 6) is 0.821. The summed E-state index contributed by atoms with van der Waals surface area (Å²) in [6.45, 7) is 3.37. The summed E-state index contributed by atoms with van der Waals surface area (Å²) in [6.07, 6.45) is 3.35. The lowest BCUT2D eigenvalue weighted by molar-refractivity contribution is -0.142. The second-order valence-electron chi connectivity index (χ2n) is 8.93. The molecule has 4 aromatic rings. The molecule has 0 radical (unpaired) electrons. The van der Waals surface area contributed by atoms with E-state index in [0.717, 1.165) is 65.1 Å². The van der Waals surface area contributed by atoms with Gasteiger partial charge in [0, 0.05) is 12.1 Å². The number of aromatic nitrogens is 3. The maximum Gasteiger partial charge on any atom is 0.307 e. The predicted octanol–water partition coefficient (Wildman–Crippen LogP) is 4.17. The highest BCUT2D eigenvalue weighted by Gasteiger charge is 2.36. The molecule has 6 rings (SSSR count). The van der Waals surface area contributed by atoms with Crippen LogP contribution in [-0.2, 0) is 17.8 Å². The monoisotopic (exact) mass is 432 g/mol. The molecule has 0 spiro atoms. The molecule has 2 aromatic carbocycles. The molecule has 3 heterocycles. The van der Waals surface area contributed by atoms with Gasteiger partial charge in [0.1, 0.15) is 22.6 Å². The predicted molar refractivity (Wildman–Crippen MR) is 120 cm³/mol. The van der Waals surface area contributed by atoms with Crippen molar-refractivity contribution in [3.8, 4) is 17.1 Å². The number of fused-ring (bicyclic) bond motifs is 1. The lowest BCUT2D eigenvalue weighted by atomic mass is 9.94. The van der Waals surface area contributed by atoms with Crippen LogP contribution in [0.15, 0.2) is 28.7 Å². The van der Waals surface area contributed by atoms with Gasteiger partial charge in [0.05, 0.1) is 18.0 Å². The van der Waals surface area contributed by atoms with E-state index in [1.54, 1.807) is 0 Å². The largest absolute Gasteiger partial charge is 0.491 e. The number of carboxylic acids is 1. The van der Waals surface area contributed by atoms with Gasteiger partial charge < -0.3 is 24.6 Å². The molecule has 164 valence electrons. The maximum atomic E-state index is 11.8. The molecule has 2 aromatic heterocycles. The number of ether oxygens (including phenoxy) is 1. The number of carboxylic acid groups (broad SMARTS) is 1. The van der Waals surface area contributed by atoms with E-state index in [0.29, 0.717) is 24.1 Å². The van der Waals surface area contributed by atoms with Crippen LogP contribution in [0.3, 0.4) is 0 Å². The normalized spacial score (nSPS) is 16.8. The minimum Gasteiger partial charge on any atom is -0.491 e. The number of aryl methyl sites for hydroxylation is 2. The molecule has 0 bridgehead atoms. The molecule has 1 aliphatic heterocycles. The zero-order valence-electron chi connectivity index (χ0n) is 17.8. The Labute approximate surface area is 184 Å². The second-order valence-corrected chi connectivity index (χ2v) is 8.93. The van der Waals surface area contributed by atoms with Crippen LogP contribution in [0.5, 0.6) is 5.75 Å². The molecule has 1 fully saturated rings. The number of benzene rings is 2. The average Bonchev–Trinajstić information content (AvgIpc) is 3.46.